The van der Waals surface area contributed by atoms with E-state index in [9.17, 15) is 14.3 Å². The van der Waals surface area contributed by atoms with Gasteiger partial charge in [-0.25, -0.2) is 9.36 Å². The smallest absolute Gasteiger partial charge is 0.423 e. The normalized spacial score (nSPS) is 13.5. The van der Waals surface area contributed by atoms with Crippen LogP contribution < -0.4 is 14.7 Å². The molecule has 0 aliphatic heterocycles. The zero-order valence-electron chi connectivity index (χ0n) is 11.2. The van der Waals surface area contributed by atoms with Crippen molar-refractivity contribution < 1.29 is 22.9 Å². The first-order valence-electron chi connectivity index (χ1n) is 6.33. The molecule has 0 amide bonds. The Hall–Kier alpha value is -2.56. The maximum Gasteiger partial charge on any atom is 0.584 e. The van der Waals surface area contributed by atoms with Gasteiger partial charge in [-0.1, -0.05) is 18.2 Å². The van der Waals surface area contributed by atoms with Crippen LogP contribution >= 0.6 is 7.82 Å². The lowest BCUT2D eigenvalue weighted by molar-refractivity contribution is 0.291. The van der Waals surface area contributed by atoms with Gasteiger partial charge < -0.3 is 13.5 Å². The first-order chi connectivity index (χ1) is 10.5. The van der Waals surface area contributed by atoms with Crippen molar-refractivity contribution in [1.29, 1.82) is 0 Å². The molecule has 0 saturated carbocycles. The molecule has 1 N–H and O–H groups in total. The molecule has 0 saturated heterocycles. The maximum absolute atomic E-state index is 12.0. The Morgan fingerprint density at radius 3 is 2.36 bits per heavy atom. The molecule has 112 valence electrons. The highest BCUT2D eigenvalue weighted by Gasteiger charge is 2.25. The van der Waals surface area contributed by atoms with E-state index in [1.807, 2.05) is 0 Å². The van der Waals surface area contributed by atoms with Gasteiger partial charge in [-0.2, -0.15) is 0 Å². The molecule has 3 rings (SSSR count). The van der Waals surface area contributed by atoms with Gasteiger partial charge in [0.2, 0.25) is 0 Å². The van der Waals surface area contributed by atoms with Crippen LogP contribution in [0.4, 0.5) is 0 Å². The average molecular weight is 318 g/mol. The topological polar surface area (TPSA) is 86.0 Å². The molecule has 1 unspecified atom stereocenters. The number of fused-ring (bicyclic) bond motifs is 1. The van der Waals surface area contributed by atoms with Gasteiger partial charge in [-0.3, -0.25) is 4.89 Å². The highest BCUT2D eigenvalue weighted by molar-refractivity contribution is 7.48. The van der Waals surface area contributed by atoms with Crippen molar-refractivity contribution in [1.82, 2.24) is 0 Å². The summed E-state index contributed by atoms with van der Waals surface area (Å²) in [6.07, 6.45) is 0. The number of para-hydroxylation sites is 1. The van der Waals surface area contributed by atoms with Gasteiger partial charge >= 0.3 is 13.4 Å². The largest absolute Gasteiger partial charge is 0.584 e. The van der Waals surface area contributed by atoms with E-state index in [2.05, 4.69) is 0 Å². The van der Waals surface area contributed by atoms with Crippen molar-refractivity contribution in [3.63, 3.8) is 0 Å². The van der Waals surface area contributed by atoms with Crippen LogP contribution in [0.15, 0.2) is 69.9 Å². The molecule has 1 heterocycles. The predicted molar refractivity (Wildman–Crippen MR) is 80.0 cm³/mol. The molecule has 1 atom stereocenters. The highest BCUT2D eigenvalue weighted by atomic mass is 31.2. The summed E-state index contributed by atoms with van der Waals surface area (Å²) < 4.78 is 26.9. The minimum atomic E-state index is -4.35. The minimum Gasteiger partial charge on any atom is -0.423 e. The number of phosphoric acid groups is 1. The lowest BCUT2D eigenvalue weighted by atomic mass is 10.2. The van der Waals surface area contributed by atoms with Crippen LogP contribution in [0.3, 0.4) is 0 Å². The third-order valence-electron chi connectivity index (χ3n) is 2.78. The number of rotatable bonds is 4. The molecule has 7 heteroatoms. The van der Waals surface area contributed by atoms with Gasteiger partial charge in [-0.05, 0) is 30.3 Å². The Balaban J connectivity index is 1.85. The highest BCUT2D eigenvalue weighted by Crippen LogP contribution is 2.44. The van der Waals surface area contributed by atoms with Crippen molar-refractivity contribution in [3.8, 4) is 11.5 Å². The van der Waals surface area contributed by atoms with Crippen molar-refractivity contribution in [2.45, 2.75) is 0 Å². The summed E-state index contributed by atoms with van der Waals surface area (Å²) in [7, 11) is -4.35. The Kier molecular flexibility index (Phi) is 3.71. The summed E-state index contributed by atoms with van der Waals surface area (Å²) in [4.78, 5) is 21.0. The van der Waals surface area contributed by atoms with E-state index in [0.29, 0.717) is 5.39 Å². The fourth-order valence-electron chi connectivity index (χ4n) is 1.86. The van der Waals surface area contributed by atoms with Crippen molar-refractivity contribution in [3.05, 3.63) is 71.1 Å². The van der Waals surface area contributed by atoms with Crippen LogP contribution in [-0.4, -0.2) is 4.89 Å². The van der Waals surface area contributed by atoms with Gasteiger partial charge in [0.15, 0.2) is 0 Å². The summed E-state index contributed by atoms with van der Waals surface area (Å²) in [5, 5.41) is 0.670. The quantitative estimate of drug-likeness (QED) is 0.586. The van der Waals surface area contributed by atoms with Crippen LogP contribution in [0.2, 0.25) is 0 Å². The molecular weight excluding hydrogens is 307 g/mol. The molecular formula is C15H11O6P. The van der Waals surface area contributed by atoms with Crippen LogP contribution in [-0.2, 0) is 4.57 Å². The van der Waals surface area contributed by atoms with Gasteiger partial charge in [0.05, 0.1) is 0 Å². The summed E-state index contributed by atoms with van der Waals surface area (Å²) in [5.74, 6) is 0.268. The summed E-state index contributed by atoms with van der Waals surface area (Å²) >= 11 is 0. The second kappa shape index (κ2) is 5.67. The lowest BCUT2D eigenvalue weighted by Gasteiger charge is -2.13. The number of phosphoric ester groups is 1. The monoisotopic (exact) mass is 318 g/mol. The molecule has 0 aliphatic rings. The summed E-state index contributed by atoms with van der Waals surface area (Å²) in [5.41, 5.74) is -0.262. The first kappa shape index (κ1) is 14.4. The van der Waals surface area contributed by atoms with E-state index in [1.165, 1.54) is 30.3 Å². The van der Waals surface area contributed by atoms with Crippen LogP contribution in [0.25, 0.3) is 11.0 Å². The fourth-order valence-corrected chi connectivity index (χ4v) is 2.67. The van der Waals surface area contributed by atoms with E-state index < -0.39 is 13.4 Å². The number of hydrogen-bond donors (Lipinski definition) is 1. The van der Waals surface area contributed by atoms with Crippen LogP contribution in [0.1, 0.15) is 0 Å². The first-order valence-corrected chi connectivity index (χ1v) is 7.82. The van der Waals surface area contributed by atoms with E-state index in [4.69, 9.17) is 13.5 Å². The SMILES string of the molecule is O=c1ccc2ccc(OP(=O)(O)Oc3ccccc3)cc2o1. The molecule has 0 bridgehead atoms. The van der Waals surface area contributed by atoms with Gasteiger partial charge in [0, 0.05) is 17.5 Å². The van der Waals surface area contributed by atoms with Crippen molar-refractivity contribution in [2.24, 2.45) is 0 Å². The molecule has 0 radical (unpaired) electrons. The Labute approximate surface area is 125 Å². The third kappa shape index (κ3) is 3.36. The zero-order chi connectivity index (χ0) is 15.6. The predicted octanol–water partition coefficient (Wildman–Crippen LogP) is 3.35. The van der Waals surface area contributed by atoms with E-state index in [-0.39, 0.29) is 17.1 Å². The molecule has 0 aliphatic carbocycles. The number of hydrogen-bond acceptors (Lipinski definition) is 5. The molecule has 3 aromatic rings. The summed E-state index contributed by atoms with van der Waals surface area (Å²) in [6, 6.07) is 15.5. The van der Waals surface area contributed by atoms with Crippen LogP contribution in [0, 0.1) is 0 Å². The molecule has 6 nitrogen and oxygen atoms in total. The average Bonchev–Trinajstić information content (AvgIpc) is 2.46. The minimum absolute atomic E-state index is 0.0589. The summed E-state index contributed by atoms with van der Waals surface area (Å²) in [6.45, 7) is 0. The van der Waals surface area contributed by atoms with Gasteiger partial charge in [-0.15, -0.1) is 0 Å². The van der Waals surface area contributed by atoms with E-state index >= 15 is 0 Å². The molecule has 1 aromatic heterocycles. The molecule has 0 fully saturated rings. The van der Waals surface area contributed by atoms with Crippen molar-refractivity contribution in [2.75, 3.05) is 0 Å². The molecule has 22 heavy (non-hydrogen) atoms. The van der Waals surface area contributed by atoms with Gasteiger partial charge in [0.1, 0.15) is 17.1 Å². The fraction of sp³-hybridized carbons (Fsp3) is 0. The van der Waals surface area contributed by atoms with E-state index in [1.54, 1.807) is 30.3 Å². The second-order valence-electron chi connectivity index (χ2n) is 4.42. The van der Waals surface area contributed by atoms with Crippen molar-refractivity contribution >= 4 is 18.8 Å². The Morgan fingerprint density at radius 1 is 0.909 bits per heavy atom. The Bertz CT molecular complexity index is 903. The Morgan fingerprint density at radius 2 is 1.59 bits per heavy atom. The maximum atomic E-state index is 12.0. The molecule has 0 spiro atoms. The van der Waals surface area contributed by atoms with Crippen LogP contribution in [0.5, 0.6) is 11.5 Å². The second-order valence-corrected chi connectivity index (χ2v) is 5.72. The lowest BCUT2D eigenvalue weighted by Crippen LogP contribution is -2.00. The van der Waals surface area contributed by atoms with E-state index in [0.717, 1.165) is 0 Å². The molecule has 2 aromatic carbocycles. The zero-order valence-corrected chi connectivity index (χ0v) is 12.1. The van der Waals surface area contributed by atoms with Gasteiger partial charge in [0.25, 0.3) is 0 Å². The standard InChI is InChI=1S/C15H11O6P/c16-15-9-7-11-6-8-13(10-14(11)19-15)21-22(17,18)20-12-4-2-1-3-5-12/h1-10H,(H,17,18). The number of benzene rings is 2. The third-order valence-corrected chi connectivity index (χ3v) is 3.66.